The van der Waals surface area contributed by atoms with E-state index in [1.54, 1.807) is 6.07 Å². The summed E-state index contributed by atoms with van der Waals surface area (Å²) in [5, 5.41) is 7.88. The van der Waals surface area contributed by atoms with Crippen LogP contribution in [0.5, 0.6) is 0 Å². The van der Waals surface area contributed by atoms with E-state index in [0.29, 0.717) is 29.7 Å². The van der Waals surface area contributed by atoms with E-state index < -0.39 is 18.1 Å². The van der Waals surface area contributed by atoms with Crippen molar-refractivity contribution in [2.45, 2.75) is 63.0 Å². The normalized spacial score (nSPS) is 23.5. The van der Waals surface area contributed by atoms with Crippen molar-refractivity contribution in [3.05, 3.63) is 28.9 Å². The Morgan fingerprint density at radius 3 is 2.62 bits per heavy atom. The second kappa shape index (κ2) is 9.97. The molecule has 2 aliphatic rings. The molecule has 1 saturated carbocycles. The number of carbonyl (C=O) groups excluding carboxylic acids is 1. The monoisotopic (exact) mass is 473 g/mol. The number of aromatic nitrogens is 1. The highest BCUT2D eigenvalue weighted by atomic mass is 35.5. The molecule has 0 unspecified atom stereocenters. The summed E-state index contributed by atoms with van der Waals surface area (Å²) >= 11 is 6.02. The maximum Gasteiger partial charge on any atom is 0.433 e. The molecular formula is C22H27ClF3N3O3. The van der Waals surface area contributed by atoms with Gasteiger partial charge in [-0.15, -0.1) is 0 Å². The van der Waals surface area contributed by atoms with Crippen LogP contribution in [-0.4, -0.2) is 47.7 Å². The van der Waals surface area contributed by atoms with Crippen LogP contribution < -0.4 is 5.32 Å². The number of benzene rings is 1. The van der Waals surface area contributed by atoms with Crippen LogP contribution in [0, 0.1) is 5.92 Å². The summed E-state index contributed by atoms with van der Waals surface area (Å²) in [5.74, 6) is -1.35. The molecule has 1 N–H and O–H groups in total. The van der Waals surface area contributed by atoms with Crippen molar-refractivity contribution < 1.29 is 27.6 Å². The van der Waals surface area contributed by atoms with Gasteiger partial charge in [0.1, 0.15) is 0 Å². The van der Waals surface area contributed by atoms with E-state index in [0.717, 1.165) is 68.4 Å². The zero-order valence-corrected chi connectivity index (χ0v) is 18.4. The van der Waals surface area contributed by atoms with E-state index in [1.807, 2.05) is 17.4 Å². The summed E-state index contributed by atoms with van der Waals surface area (Å²) in [4.78, 5) is 15.9. The Morgan fingerprint density at radius 2 is 1.94 bits per heavy atom. The second-order valence-corrected chi connectivity index (χ2v) is 9.35. The van der Waals surface area contributed by atoms with Crippen molar-refractivity contribution in [2.24, 2.45) is 5.92 Å². The predicted octanol–water partition coefficient (Wildman–Crippen LogP) is 5.22. The maximum absolute atomic E-state index is 13.5. The number of alkyl halides is 2. The Hall–Kier alpha value is -1.84. The minimum Gasteiger partial charge on any atom is -0.356 e. The van der Waals surface area contributed by atoms with E-state index in [-0.39, 0.29) is 0 Å². The zero-order valence-electron chi connectivity index (χ0n) is 17.7. The SMILES string of the molecule is O=C(OF)C(F)(F)NC1CCC(CCN2CCC(c3noc4cc(Cl)ccc34)CC2)CC1. The first-order valence-electron chi connectivity index (χ1n) is 11.1. The van der Waals surface area contributed by atoms with Crippen LogP contribution in [0.2, 0.25) is 5.02 Å². The molecule has 2 aromatic rings. The third kappa shape index (κ3) is 5.38. The molecule has 10 heteroatoms. The van der Waals surface area contributed by atoms with Gasteiger partial charge in [-0.05, 0) is 82.6 Å². The van der Waals surface area contributed by atoms with Gasteiger partial charge < -0.3 is 9.42 Å². The largest absolute Gasteiger partial charge is 0.433 e. The molecule has 0 amide bonds. The average molecular weight is 474 g/mol. The van der Waals surface area contributed by atoms with Gasteiger partial charge in [0.25, 0.3) is 0 Å². The zero-order chi connectivity index (χ0) is 22.7. The molecule has 1 aromatic carbocycles. The van der Waals surface area contributed by atoms with Gasteiger partial charge in [-0.1, -0.05) is 16.8 Å². The number of fused-ring (bicyclic) bond motifs is 1. The van der Waals surface area contributed by atoms with Gasteiger partial charge in [-0.2, -0.15) is 8.78 Å². The van der Waals surface area contributed by atoms with E-state index in [9.17, 15) is 18.1 Å². The van der Waals surface area contributed by atoms with E-state index >= 15 is 0 Å². The number of carbonyl (C=O) groups is 1. The number of nitrogens with zero attached hydrogens (tertiary/aromatic N) is 2. The number of nitrogens with one attached hydrogen (secondary N) is 1. The highest BCUT2D eigenvalue weighted by Crippen LogP contribution is 2.34. The molecule has 1 aliphatic heterocycles. The van der Waals surface area contributed by atoms with Crippen LogP contribution >= 0.6 is 11.6 Å². The lowest BCUT2D eigenvalue weighted by molar-refractivity contribution is -0.217. The van der Waals surface area contributed by atoms with Gasteiger partial charge in [0.2, 0.25) is 0 Å². The first kappa shape index (κ1) is 23.3. The van der Waals surface area contributed by atoms with Crippen molar-refractivity contribution in [2.75, 3.05) is 19.6 Å². The van der Waals surface area contributed by atoms with Gasteiger partial charge in [-0.25, -0.2) is 15.1 Å². The van der Waals surface area contributed by atoms with Gasteiger partial charge in [-0.3, -0.25) is 0 Å². The quantitative estimate of drug-likeness (QED) is 0.556. The van der Waals surface area contributed by atoms with Gasteiger partial charge in [0.15, 0.2) is 5.58 Å². The minimum atomic E-state index is -3.99. The third-order valence-corrected chi connectivity index (χ3v) is 7.08. The smallest absolute Gasteiger partial charge is 0.356 e. The van der Waals surface area contributed by atoms with Crippen molar-refractivity contribution in [3.63, 3.8) is 0 Å². The molecule has 0 spiro atoms. The molecule has 2 fully saturated rings. The molecular weight excluding hydrogens is 447 g/mol. The van der Waals surface area contributed by atoms with E-state index in [1.165, 1.54) is 0 Å². The van der Waals surface area contributed by atoms with Crippen LogP contribution in [0.4, 0.5) is 13.3 Å². The van der Waals surface area contributed by atoms with Gasteiger partial charge in [0.05, 0.1) is 5.69 Å². The minimum absolute atomic E-state index is 0.368. The Morgan fingerprint density at radius 1 is 1.22 bits per heavy atom. The first-order valence-corrected chi connectivity index (χ1v) is 11.5. The Labute approximate surface area is 189 Å². The number of rotatable bonds is 7. The van der Waals surface area contributed by atoms with Crippen molar-refractivity contribution in [3.8, 4) is 0 Å². The summed E-state index contributed by atoms with van der Waals surface area (Å²) in [6.07, 6.45) is 5.73. The summed E-state index contributed by atoms with van der Waals surface area (Å²) < 4.78 is 44.2. The van der Waals surface area contributed by atoms with Gasteiger partial charge >= 0.3 is 12.0 Å². The molecule has 1 aromatic heterocycles. The topological polar surface area (TPSA) is 67.6 Å². The molecule has 2 heterocycles. The number of piperidine rings is 1. The van der Waals surface area contributed by atoms with Gasteiger partial charge in [0, 0.05) is 33.0 Å². The Kier molecular flexibility index (Phi) is 7.27. The van der Waals surface area contributed by atoms with Crippen molar-refractivity contribution in [1.82, 2.24) is 15.4 Å². The molecule has 32 heavy (non-hydrogen) atoms. The molecule has 6 nitrogen and oxygen atoms in total. The fourth-order valence-electron chi connectivity index (χ4n) is 4.98. The first-order chi connectivity index (χ1) is 15.4. The summed E-state index contributed by atoms with van der Waals surface area (Å²) in [7, 11) is 0. The fourth-order valence-corrected chi connectivity index (χ4v) is 5.14. The lowest BCUT2D eigenvalue weighted by Crippen LogP contribution is -2.50. The summed E-state index contributed by atoms with van der Waals surface area (Å²) in [6.45, 7) is 2.96. The van der Waals surface area contributed by atoms with Crippen LogP contribution in [-0.2, 0) is 9.74 Å². The fraction of sp³-hybridized carbons (Fsp3) is 0.636. The van der Waals surface area contributed by atoms with Crippen LogP contribution in [0.3, 0.4) is 0 Å². The molecule has 1 saturated heterocycles. The molecule has 4 rings (SSSR count). The summed E-state index contributed by atoms with van der Waals surface area (Å²) in [5.41, 5.74) is 1.73. The predicted molar refractivity (Wildman–Crippen MR) is 113 cm³/mol. The Balaban J connectivity index is 1.19. The number of hydrogen-bond acceptors (Lipinski definition) is 6. The number of halogens is 4. The number of hydrogen-bond donors (Lipinski definition) is 1. The molecule has 0 bridgehead atoms. The van der Waals surface area contributed by atoms with Crippen LogP contribution in [0.1, 0.15) is 56.6 Å². The number of likely N-dealkylation sites (tertiary alicyclic amines) is 1. The highest BCUT2D eigenvalue weighted by molar-refractivity contribution is 6.31. The molecule has 0 radical (unpaired) electrons. The average Bonchev–Trinajstić information content (AvgIpc) is 3.21. The van der Waals surface area contributed by atoms with Crippen LogP contribution in [0.25, 0.3) is 11.0 Å². The standard InChI is InChI=1S/C22H27ClF3N3O3/c23-16-3-6-18-19(13-16)32-28-20(18)15-8-11-29(12-9-15)10-7-14-1-4-17(5-2-14)27-22(24,25)21(30)31-26/h3,6,13-15,17,27H,1-2,4-5,7-12H2. The Bertz CT molecular complexity index is 926. The highest BCUT2D eigenvalue weighted by Gasteiger charge is 2.44. The molecule has 176 valence electrons. The summed E-state index contributed by atoms with van der Waals surface area (Å²) in [6, 6.07) is 1.12. The molecule has 1 aliphatic carbocycles. The third-order valence-electron chi connectivity index (χ3n) is 6.85. The maximum atomic E-state index is 13.5. The second-order valence-electron chi connectivity index (χ2n) is 8.91. The molecule has 0 atom stereocenters. The van der Waals surface area contributed by atoms with Crippen molar-refractivity contribution >= 4 is 28.5 Å². The van der Waals surface area contributed by atoms with Crippen LogP contribution in [0.15, 0.2) is 22.7 Å². The lowest BCUT2D eigenvalue weighted by atomic mass is 9.83. The van der Waals surface area contributed by atoms with E-state index in [4.69, 9.17) is 16.1 Å². The lowest BCUT2D eigenvalue weighted by Gasteiger charge is -2.34. The van der Waals surface area contributed by atoms with E-state index in [2.05, 4.69) is 15.0 Å². The van der Waals surface area contributed by atoms with Crippen molar-refractivity contribution in [1.29, 1.82) is 0 Å².